The number of allylic oxidation sites excluding steroid dienone is 2. The lowest BCUT2D eigenvalue weighted by Crippen LogP contribution is -2.59. The van der Waals surface area contributed by atoms with Crippen LogP contribution in [0.25, 0.3) is 0 Å². The minimum absolute atomic E-state index is 0.00188. The van der Waals surface area contributed by atoms with E-state index in [2.05, 4.69) is 39.8 Å². The van der Waals surface area contributed by atoms with E-state index < -0.39 is 5.97 Å². The highest BCUT2D eigenvalue weighted by atomic mass is 16.5. The first kappa shape index (κ1) is 37.5. The second-order valence-corrected chi connectivity index (χ2v) is 16.7. The molecule has 0 heterocycles. The van der Waals surface area contributed by atoms with Crippen LogP contribution in [-0.2, 0) is 14.3 Å². The summed E-state index contributed by atoms with van der Waals surface area (Å²) >= 11 is 0. The Morgan fingerprint density at radius 1 is 0.826 bits per heavy atom. The zero-order valence-corrected chi connectivity index (χ0v) is 30.2. The highest BCUT2D eigenvalue weighted by Crippen LogP contribution is 2.68. The van der Waals surface area contributed by atoms with Crippen molar-refractivity contribution in [1.29, 1.82) is 0 Å². The van der Waals surface area contributed by atoms with Crippen molar-refractivity contribution in [3.63, 3.8) is 0 Å². The fourth-order valence-corrected chi connectivity index (χ4v) is 11.2. The maximum Gasteiger partial charge on any atom is 0.306 e. The van der Waals surface area contributed by atoms with Crippen molar-refractivity contribution in [2.45, 2.75) is 188 Å². The molecule has 10 atom stereocenters. The molecule has 4 aliphatic carbocycles. The predicted molar refractivity (Wildman–Crippen MR) is 187 cm³/mol. The van der Waals surface area contributed by atoms with Crippen molar-refractivity contribution in [2.24, 2.45) is 46.3 Å². The molecule has 264 valence electrons. The molecule has 4 aliphatic rings. The van der Waals surface area contributed by atoms with Crippen LogP contribution in [0, 0.1) is 46.3 Å². The Morgan fingerprint density at radius 3 is 2.20 bits per heavy atom. The third kappa shape index (κ3) is 9.20. The normalized spacial score (nSPS) is 36.2. The lowest BCUT2D eigenvalue weighted by molar-refractivity contribution is -0.181. The molecule has 5 heteroatoms. The van der Waals surface area contributed by atoms with Crippen LogP contribution in [0.1, 0.15) is 175 Å². The molecule has 0 aromatic rings. The van der Waals surface area contributed by atoms with E-state index in [1.807, 2.05) is 0 Å². The Bertz CT molecular complexity index is 976. The monoisotopic (exact) mass is 643 g/mol. The van der Waals surface area contributed by atoms with Crippen LogP contribution in [0.15, 0.2) is 12.2 Å². The van der Waals surface area contributed by atoms with Gasteiger partial charge in [-0.15, -0.1) is 0 Å². The third-order valence-electron chi connectivity index (χ3n) is 14.0. The lowest BCUT2D eigenvalue weighted by atomic mass is 9.43. The summed E-state index contributed by atoms with van der Waals surface area (Å²) in [5.41, 5.74) is 0.115. The van der Waals surface area contributed by atoms with Crippen molar-refractivity contribution in [3.05, 3.63) is 12.2 Å². The molecule has 5 nitrogen and oxygen atoms in total. The van der Waals surface area contributed by atoms with Gasteiger partial charge in [0.25, 0.3) is 0 Å². The zero-order chi connectivity index (χ0) is 33.2. The second-order valence-electron chi connectivity index (χ2n) is 16.7. The SMILES string of the molecule is CCCCCCC/C=C\CCCCCCCC(=O)OC1CCC2(C)C(CCC3C2CC(O)C2(C)C(C(C)CCC(=O)O)CCC32)C1. The number of esters is 1. The molecule has 4 saturated carbocycles. The fourth-order valence-electron chi connectivity index (χ4n) is 11.2. The molecule has 0 amide bonds. The van der Waals surface area contributed by atoms with E-state index in [4.69, 9.17) is 4.74 Å². The van der Waals surface area contributed by atoms with Crippen molar-refractivity contribution < 1.29 is 24.5 Å². The van der Waals surface area contributed by atoms with Gasteiger partial charge in [0.05, 0.1) is 6.10 Å². The number of aliphatic carboxylic acids is 1. The first-order valence-electron chi connectivity index (χ1n) is 19.9. The van der Waals surface area contributed by atoms with Gasteiger partial charge in [-0.25, -0.2) is 0 Å². The Balaban J connectivity index is 1.14. The summed E-state index contributed by atoms with van der Waals surface area (Å²) in [5.74, 6) is 2.32. The molecular formula is C41H70O5. The van der Waals surface area contributed by atoms with Gasteiger partial charge in [-0.1, -0.05) is 84.8 Å². The van der Waals surface area contributed by atoms with E-state index in [9.17, 15) is 19.8 Å². The molecule has 0 saturated heterocycles. The van der Waals surface area contributed by atoms with Gasteiger partial charge in [-0.2, -0.15) is 0 Å². The quantitative estimate of drug-likeness (QED) is 0.0832. The molecule has 0 radical (unpaired) electrons. The van der Waals surface area contributed by atoms with Crippen molar-refractivity contribution in [3.8, 4) is 0 Å². The topological polar surface area (TPSA) is 83.8 Å². The minimum Gasteiger partial charge on any atom is -0.481 e. The predicted octanol–water partition coefficient (Wildman–Crippen LogP) is 10.7. The molecule has 10 unspecified atom stereocenters. The van der Waals surface area contributed by atoms with Crippen LogP contribution in [0.4, 0.5) is 0 Å². The fraction of sp³-hybridized carbons (Fsp3) is 0.902. The largest absolute Gasteiger partial charge is 0.481 e. The van der Waals surface area contributed by atoms with Gasteiger partial charge in [-0.3, -0.25) is 9.59 Å². The summed E-state index contributed by atoms with van der Waals surface area (Å²) < 4.78 is 6.08. The van der Waals surface area contributed by atoms with Crippen molar-refractivity contribution in [1.82, 2.24) is 0 Å². The number of ether oxygens (including phenoxy) is 1. The van der Waals surface area contributed by atoms with E-state index >= 15 is 0 Å². The Kier molecular flexibility index (Phi) is 14.5. The number of aliphatic hydroxyl groups excluding tert-OH is 1. The summed E-state index contributed by atoms with van der Waals surface area (Å²) in [6, 6.07) is 0. The molecule has 0 aromatic heterocycles. The van der Waals surface area contributed by atoms with Crippen LogP contribution in [0.5, 0.6) is 0 Å². The van der Waals surface area contributed by atoms with E-state index in [1.54, 1.807) is 0 Å². The molecular weight excluding hydrogens is 572 g/mol. The summed E-state index contributed by atoms with van der Waals surface area (Å²) in [6.45, 7) is 9.32. The van der Waals surface area contributed by atoms with Crippen LogP contribution in [0.2, 0.25) is 0 Å². The average molecular weight is 643 g/mol. The third-order valence-corrected chi connectivity index (χ3v) is 14.0. The smallest absolute Gasteiger partial charge is 0.306 e. The van der Waals surface area contributed by atoms with Gasteiger partial charge >= 0.3 is 11.9 Å². The molecule has 0 spiro atoms. The average Bonchev–Trinajstić information content (AvgIpc) is 3.39. The lowest BCUT2D eigenvalue weighted by Gasteiger charge is -2.62. The van der Waals surface area contributed by atoms with E-state index in [1.165, 1.54) is 83.5 Å². The maximum absolute atomic E-state index is 12.8. The number of carboxylic acids is 1. The molecule has 0 aliphatic heterocycles. The van der Waals surface area contributed by atoms with Gasteiger partial charge in [0.1, 0.15) is 6.10 Å². The highest BCUT2D eigenvalue weighted by molar-refractivity contribution is 5.69. The molecule has 0 aromatic carbocycles. The van der Waals surface area contributed by atoms with E-state index in [0.717, 1.165) is 44.9 Å². The summed E-state index contributed by atoms with van der Waals surface area (Å²) in [4.78, 5) is 24.0. The standard InChI is InChI=1S/C41H70O5/c1-5-6-7-8-9-10-11-12-13-14-15-16-17-18-19-39(45)46-32-26-27-40(3)31(28-32)21-22-33-35-24-23-34(30(2)20-25-38(43)44)41(35,4)37(42)29-36(33)40/h11-12,30-37,42H,5-10,13-29H2,1-4H3,(H,43,44)/b12-11-. The molecule has 4 fully saturated rings. The number of carboxylic acid groups (broad SMARTS) is 1. The van der Waals surface area contributed by atoms with Crippen molar-refractivity contribution in [2.75, 3.05) is 0 Å². The van der Waals surface area contributed by atoms with Crippen LogP contribution in [0.3, 0.4) is 0 Å². The van der Waals surface area contributed by atoms with Gasteiger partial charge < -0.3 is 14.9 Å². The Hall–Kier alpha value is -1.36. The molecule has 4 rings (SSSR count). The summed E-state index contributed by atoms with van der Waals surface area (Å²) in [6.07, 6.45) is 29.6. The zero-order valence-electron chi connectivity index (χ0n) is 30.2. The number of hydrogen-bond acceptors (Lipinski definition) is 4. The van der Waals surface area contributed by atoms with E-state index in [0.29, 0.717) is 48.3 Å². The van der Waals surface area contributed by atoms with Crippen molar-refractivity contribution >= 4 is 11.9 Å². The van der Waals surface area contributed by atoms with Crippen LogP contribution in [-0.4, -0.2) is 34.4 Å². The van der Waals surface area contributed by atoms with Crippen LogP contribution >= 0.6 is 0 Å². The van der Waals surface area contributed by atoms with Gasteiger partial charge in [0, 0.05) is 12.8 Å². The number of carbonyl (C=O) groups is 2. The van der Waals surface area contributed by atoms with E-state index in [-0.39, 0.29) is 35.4 Å². The highest BCUT2D eigenvalue weighted by Gasteiger charge is 2.63. The molecule has 0 bridgehead atoms. The number of hydrogen-bond donors (Lipinski definition) is 2. The van der Waals surface area contributed by atoms with Gasteiger partial charge in [-0.05, 0) is 136 Å². The molecule has 46 heavy (non-hydrogen) atoms. The number of rotatable bonds is 19. The van der Waals surface area contributed by atoms with Gasteiger partial charge in [0.15, 0.2) is 0 Å². The number of unbranched alkanes of at least 4 members (excludes halogenated alkanes) is 10. The molecule has 2 N–H and O–H groups in total. The summed E-state index contributed by atoms with van der Waals surface area (Å²) in [7, 11) is 0. The summed E-state index contributed by atoms with van der Waals surface area (Å²) in [5, 5.41) is 21.0. The maximum atomic E-state index is 12.8. The second kappa shape index (κ2) is 17.9. The number of carbonyl (C=O) groups excluding carboxylic acids is 1. The van der Waals surface area contributed by atoms with Gasteiger partial charge in [0.2, 0.25) is 0 Å². The first-order valence-corrected chi connectivity index (χ1v) is 19.9. The number of aliphatic hydroxyl groups is 1. The number of fused-ring (bicyclic) bond motifs is 5. The van der Waals surface area contributed by atoms with Crippen LogP contribution < -0.4 is 0 Å². The Morgan fingerprint density at radius 2 is 1.50 bits per heavy atom. The minimum atomic E-state index is -0.712. The first-order chi connectivity index (χ1) is 22.1. The Labute approximate surface area is 282 Å².